The number of aromatic amines is 2. The predicted octanol–water partition coefficient (Wildman–Crippen LogP) is -0.195. The van der Waals surface area contributed by atoms with Gasteiger partial charge in [-0.3, -0.25) is 10.2 Å². The van der Waals surface area contributed by atoms with Crippen LogP contribution in [0.4, 0.5) is 0 Å². The second kappa shape index (κ2) is 3.33. The van der Waals surface area contributed by atoms with Crippen molar-refractivity contribution in [2.24, 2.45) is 5.73 Å². The number of hydrogen-bond acceptors (Lipinski definition) is 4. The van der Waals surface area contributed by atoms with Crippen molar-refractivity contribution in [2.45, 2.75) is 0 Å². The molecule has 56 valence electrons. The normalized spacial score (nSPS) is 9.70. The highest BCUT2D eigenvalue weighted by atomic mass is 32.1. The molecule has 1 rings (SSSR count). The van der Waals surface area contributed by atoms with Crippen LogP contribution in [-0.2, 0) is 0 Å². The molecule has 0 atom stereocenters. The van der Waals surface area contributed by atoms with Gasteiger partial charge >= 0.3 is 6.01 Å². The van der Waals surface area contributed by atoms with E-state index >= 15 is 0 Å². The number of H-pyrrole nitrogens is 2. The molecule has 0 fully saturated rings. The van der Waals surface area contributed by atoms with Crippen LogP contribution in [-0.4, -0.2) is 28.3 Å². The number of aromatic nitrogens is 3. The summed E-state index contributed by atoms with van der Waals surface area (Å²) in [6.45, 7) is 0.906. The molecule has 0 saturated carbocycles. The summed E-state index contributed by atoms with van der Waals surface area (Å²) in [5, 5.41) is 5.21. The summed E-state index contributed by atoms with van der Waals surface area (Å²) in [5.41, 5.74) is 5.18. The number of ether oxygens (including phenoxy) is 1. The van der Waals surface area contributed by atoms with Crippen molar-refractivity contribution in [2.75, 3.05) is 13.2 Å². The van der Waals surface area contributed by atoms with E-state index in [9.17, 15) is 0 Å². The molecular formula is C4H8N4OS. The first-order valence-corrected chi connectivity index (χ1v) is 3.21. The van der Waals surface area contributed by atoms with Gasteiger partial charge in [0.25, 0.3) is 0 Å². The topological polar surface area (TPSA) is 79.7 Å². The van der Waals surface area contributed by atoms with Gasteiger partial charge in [-0.2, -0.15) is 4.98 Å². The zero-order chi connectivity index (χ0) is 7.40. The fourth-order valence-electron chi connectivity index (χ4n) is 0.479. The van der Waals surface area contributed by atoms with E-state index in [0.717, 1.165) is 0 Å². The molecule has 0 aliphatic heterocycles. The first kappa shape index (κ1) is 7.23. The van der Waals surface area contributed by atoms with Gasteiger partial charge in [0.05, 0.1) is 0 Å². The number of hydrogen-bond donors (Lipinski definition) is 3. The van der Waals surface area contributed by atoms with E-state index in [2.05, 4.69) is 27.4 Å². The van der Waals surface area contributed by atoms with Crippen LogP contribution in [0, 0.1) is 4.77 Å². The van der Waals surface area contributed by atoms with E-state index in [4.69, 9.17) is 10.5 Å². The Kier molecular flexibility index (Phi) is 2.41. The van der Waals surface area contributed by atoms with Crippen LogP contribution in [0.1, 0.15) is 0 Å². The summed E-state index contributed by atoms with van der Waals surface area (Å²) in [7, 11) is 0. The third kappa shape index (κ3) is 1.82. The summed E-state index contributed by atoms with van der Waals surface area (Å²) < 4.78 is 5.37. The fourth-order valence-corrected chi connectivity index (χ4v) is 0.613. The molecule has 1 aromatic rings. The summed E-state index contributed by atoms with van der Waals surface area (Å²) in [6.07, 6.45) is 0. The van der Waals surface area contributed by atoms with Gasteiger partial charge < -0.3 is 10.5 Å². The van der Waals surface area contributed by atoms with Crippen LogP contribution < -0.4 is 10.5 Å². The van der Waals surface area contributed by atoms with Gasteiger partial charge in [0.1, 0.15) is 6.61 Å². The highest BCUT2D eigenvalue weighted by Gasteiger charge is 1.93. The Morgan fingerprint density at radius 2 is 2.40 bits per heavy atom. The van der Waals surface area contributed by atoms with Gasteiger partial charge in [0, 0.05) is 6.54 Å². The minimum atomic E-state index is 0.382. The smallest absolute Gasteiger partial charge is 0.311 e. The number of nitrogens with two attached hydrogens (primary N) is 1. The van der Waals surface area contributed by atoms with Crippen molar-refractivity contribution in [3.63, 3.8) is 0 Å². The van der Waals surface area contributed by atoms with E-state index in [1.165, 1.54) is 0 Å². The SMILES string of the molecule is NCCOc1nc(=S)[nH][nH]1. The zero-order valence-corrected chi connectivity index (χ0v) is 6.07. The van der Waals surface area contributed by atoms with Crippen LogP contribution in [0.25, 0.3) is 0 Å². The van der Waals surface area contributed by atoms with Gasteiger partial charge in [-0.15, -0.1) is 0 Å². The van der Waals surface area contributed by atoms with E-state index in [-0.39, 0.29) is 0 Å². The van der Waals surface area contributed by atoms with Gasteiger partial charge in [0.2, 0.25) is 4.77 Å². The van der Waals surface area contributed by atoms with Crippen LogP contribution in [0.2, 0.25) is 0 Å². The molecule has 0 aliphatic carbocycles. The van der Waals surface area contributed by atoms with Crippen LogP contribution in [0.15, 0.2) is 0 Å². The summed E-state index contributed by atoms with van der Waals surface area (Å²) in [5.74, 6) is 0. The van der Waals surface area contributed by atoms with Crippen LogP contribution in [0.5, 0.6) is 6.01 Å². The van der Waals surface area contributed by atoms with E-state index in [1.54, 1.807) is 0 Å². The third-order valence-electron chi connectivity index (χ3n) is 0.836. The minimum Gasteiger partial charge on any atom is -0.462 e. The molecular weight excluding hydrogens is 152 g/mol. The molecule has 0 aromatic carbocycles. The molecule has 1 aromatic heterocycles. The van der Waals surface area contributed by atoms with E-state index in [1.807, 2.05) is 0 Å². The molecule has 0 aliphatic rings. The second-order valence-corrected chi connectivity index (χ2v) is 2.00. The van der Waals surface area contributed by atoms with E-state index < -0.39 is 0 Å². The Labute approximate surface area is 62.6 Å². The quantitative estimate of drug-likeness (QED) is 0.535. The third-order valence-corrected chi connectivity index (χ3v) is 1.03. The lowest BCUT2D eigenvalue weighted by Crippen LogP contribution is -2.11. The van der Waals surface area contributed by atoms with Crippen LogP contribution in [0.3, 0.4) is 0 Å². The lowest BCUT2D eigenvalue weighted by Gasteiger charge is -1.95. The largest absolute Gasteiger partial charge is 0.462 e. The van der Waals surface area contributed by atoms with E-state index in [0.29, 0.717) is 23.9 Å². The van der Waals surface area contributed by atoms with Crippen molar-refractivity contribution in [1.29, 1.82) is 0 Å². The average molecular weight is 160 g/mol. The van der Waals surface area contributed by atoms with Gasteiger partial charge in [-0.1, -0.05) is 0 Å². The van der Waals surface area contributed by atoms with Gasteiger partial charge in [0.15, 0.2) is 0 Å². The van der Waals surface area contributed by atoms with Crippen molar-refractivity contribution in [3.8, 4) is 6.01 Å². The number of rotatable bonds is 3. The first-order chi connectivity index (χ1) is 4.83. The Balaban J connectivity index is 2.50. The molecule has 5 nitrogen and oxygen atoms in total. The molecule has 10 heavy (non-hydrogen) atoms. The molecule has 0 radical (unpaired) electrons. The minimum absolute atomic E-state index is 0.382. The second-order valence-electron chi connectivity index (χ2n) is 1.61. The molecule has 4 N–H and O–H groups in total. The lowest BCUT2D eigenvalue weighted by molar-refractivity contribution is 0.303. The maximum atomic E-state index is 5.18. The lowest BCUT2D eigenvalue weighted by atomic mass is 10.7. The molecule has 0 saturated heterocycles. The number of nitrogens with zero attached hydrogens (tertiary/aromatic N) is 1. The standard InChI is InChI=1S/C4H8N4OS/c5-1-2-9-3-6-4(10)8-7-3/h1-2,5H2,(H2,6,7,8,10). The Morgan fingerprint density at radius 3 is 2.90 bits per heavy atom. The van der Waals surface area contributed by atoms with Crippen molar-refractivity contribution in [1.82, 2.24) is 15.2 Å². The molecule has 0 unspecified atom stereocenters. The summed E-state index contributed by atoms with van der Waals surface area (Å²) in [4.78, 5) is 3.77. The maximum absolute atomic E-state index is 5.18. The molecule has 1 heterocycles. The molecule has 0 amide bonds. The van der Waals surface area contributed by atoms with Crippen molar-refractivity contribution < 1.29 is 4.74 Å². The molecule has 0 spiro atoms. The summed E-state index contributed by atoms with van der Waals surface area (Å²) in [6, 6.07) is 0.385. The average Bonchev–Trinajstić information content (AvgIpc) is 2.31. The first-order valence-electron chi connectivity index (χ1n) is 2.80. The van der Waals surface area contributed by atoms with Crippen molar-refractivity contribution in [3.05, 3.63) is 4.77 Å². The molecule has 6 heteroatoms. The van der Waals surface area contributed by atoms with Gasteiger partial charge in [-0.05, 0) is 12.2 Å². The molecule has 0 bridgehead atoms. The van der Waals surface area contributed by atoms with Crippen molar-refractivity contribution >= 4 is 12.2 Å². The maximum Gasteiger partial charge on any atom is 0.311 e. The monoisotopic (exact) mass is 160 g/mol. The zero-order valence-electron chi connectivity index (χ0n) is 5.26. The highest BCUT2D eigenvalue weighted by Crippen LogP contribution is 1.95. The Morgan fingerprint density at radius 1 is 1.60 bits per heavy atom. The highest BCUT2D eigenvalue weighted by molar-refractivity contribution is 7.71. The fraction of sp³-hybridized carbons (Fsp3) is 0.500. The Hall–Kier alpha value is -0.880. The number of nitrogens with one attached hydrogen (secondary N) is 2. The summed E-state index contributed by atoms with van der Waals surface area (Å²) >= 11 is 4.67. The predicted molar refractivity (Wildman–Crippen MR) is 38.3 cm³/mol. The van der Waals surface area contributed by atoms with Gasteiger partial charge in [-0.25, -0.2) is 0 Å². The Bertz CT molecular complexity index is 241. The van der Waals surface area contributed by atoms with Crippen LogP contribution >= 0.6 is 12.2 Å².